The van der Waals surface area contributed by atoms with Crippen molar-refractivity contribution in [2.45, 2.75) is 25.5 Å². The van der Waals surface area contributed by atoms with Crippen molar-refractivity contribution in [3.05, 3.63) is 54.6 Å². The summed E-state index contributed by atoms with van der Waals surface area (Å²) in [4.78, 5) is 17.7. The highest BCUT2D eigenvalue weighted by molar-refractivity contribution is 5.92. The average Bonchev–Trinajstić information content (AvgIpc) is 3.36. The van der Waals surface area contributed by atoms with Crippen LogP contribution in [0.15, 0.2) is 53.3 Å². The number of nitrogens with one attached hydrogen (secondary N) is 2. The van der Waals surface area contributed by atoms with E-state index in [0.717, 1.165) is 41.8 Å². The molecular formula is C19H21N3O3. The molecule has 0 aliphatic carbocycles. The van der Waals surface area contributed by atoms with E-state index < -0.39 is 0 Å². The van der Waals surface area contributed by atoms with E-state index in [1.807, 2.05) is 42.6 Å². The molecule has 0 unspecified atom stereocenters. The molecule has 6 nitrogen and oxygen atoms in total. The highest BCUT2D eigenvalue weighted by atomic mass is 16.5. The first-order valence-corrected chi connectivity index (χ1v) is 8.55. The number of ether oxygens (including phenoxy) is 1. The standard InChI is InChI=1S/C19H21N3O3/c23-19(21-15-5-6-18-14(11-15)7-8-20-18)22(12-16-3-1-9-24-16)13-17-4-2-10-25-17/h1,3,5-9,11,17,20H,2,4,10,12-13H2,(H,21,23)/t17-/m0/s1. The van der Waals surface area contributed by atoms with Crippen molar-refractivity contribution in [2.75, 3.05) is 18.5 Å². The zero-order valence-corrected chi connectivity index (χ0v) is 13.9. The number of benzene rings is 1. The first-order valence-electron chi connectivity index (χ1n) is 8.55. The molecule has 1 aliphatic heterocycles. The van der Waals surface area contributed by atoms with E-state index in [9.17, 15) is 4.79 Å². The zero-order valence-electron chi connectivity index (χ0n) is 13.9. The molecule has 2 amide bonds. The minimum absolute atomic E-state index is 0.0906. The number of urea groups is 1. The molecular weight excluding hydrogens is 318 g/mol. The summed E-state index contributed by atoms with van der Waals surface area (Å²) >= 11 is 0. The van der Waals surface area contributed by atoms with E-state index in [0.29, 0.717) is 13.1 Å². The van der Waals surface area contributed by atoms with Crippen LogP contribution in [0.2, 0.25) is 0 Å². The fourth-order valence-electron chi connectivity index (χ4n) is 3.18. The minimum Gasteiger partial charge on any atom is -0.467 e. The number of aromatic amines is 1. The third kappa shape index (κ3) is 3.69. The van der Waals surface area contributed by atoms with Crippen molar-refractivity contribution < 1.29 is 13.9 Å². The van der Waals surface area contributed by atoms with Crippen molar-refractivity contribution in [2.24, 2.45) is 0 Å². The van der Waals surface area contributed by atoms with Gasteiger partial charge in [0.05, 0.1) is 18.9 Å². The van der Waals surface area contributed by atoms with Gasteiger partial charge in [0.2, 0.25) is 0 Å². The Kier molecular flexibility index (Phi) is 4.43. The number of fused-ring (bicyclic) bond motifs is 1. The molecule has 1 aliphatic rings. The molecule has 1 atom stereocenters. The Morgan fingerprint density at radius 2 is 2.28 bits per heavy atom. The highest BCUT2D eigenvalue weighted by Crippen LogP contribution is 2.20. The van der Waals surface area contributed by atoms with Gasteiger partial charge in [0.25, 0.3) is 0 Å². The topological polar surface area (TPSA) is 70.5 Å². The smallest absolute Gasteiger partial charge is 0.322 e. The first-order chi connectivity index (χ1) is 12.3. The maximum absolute atomic E-state index is 12.8. The Labute approximate surface area is 145 Å². The summed E-state index contributed by atoms with van der Waals surface area (Å²) in [7, 11) is 0. The van der Waals surface area contributed by atoms with Gasteiger partial charge >= 0.3 is 6.03 Å². The maximum Gasteiger partial charge on any atom is 0.322 e. The first kappa shape index (κ1) is 15.8. The molecule has 1 fully saturated rings. The SMILES string of the molecule is O=C(Nc1ccc2[nH]ccc2c1)N(Cc1ccco1)C[C@@H]1CCCO1. The van der Waals surface area contributed by atoms with Crippen molar-refractivity contribution in [1.82, 2.24) is 9.88 Å². The van der Waals surface area contributed by atoms with Gasteiger partial charge in [-0.2, -0.15) is 0 Å². The van der Waals surface area contributed by atoms with Crippen LogP contribution in [0.4, 0.5) is 10.5 Å². The third-order valence-electron chi connectivity index (χ3n) is 4.47. The van der Waals surface area contributed by atoms with Gasteiger partial charge in [-0.05, 0) is 49.2 Å². The van der Waals surface area contributed by atoms with Crippen LogP contribution >= 0.6 is 0 Å². The largest absolute Gasteiger partial charge is 0.467 e. The molecule has 0 saturated carbocycles. The predicted molar refractivity (Wildman–Crippen MR) is 95.4 cm³/mol. The molecule has 25 heavy (non-hydrogen) atoms. The highest BCUT2D eigenvalue weighted by Gasteiger charge is 2.23. The molecule has 0 bridgehead atoms. The summed E-state index contributed by atoms with van der Waals surface area (Å²) < 4.78 is 11.1. The van der Waals surface area contributed by atoms with E-state index in [-0.39, 0.29) is 12.1 Å². The van der Waals surface area contributed by atoms with E-state index >= 15 is 0 Å². The second-order valence-electron chi connectivity index (χ2n) is 6.30. The molecule has 0 spiro atoms. The lowest BCUT2D eigenvalue weighted by Gasteiger charge is -2.25. The monoisotopic (exact) mass is 339 g/mol. The number of hydrogen-bond donors (Lipinski definition) is 2. The maximum atomic E-state index is 12.8. The normalized spacial score (nSPS) is 17.0. The van der Waals surface area contributed by atoms with Gasteiger partial charge in [-0.1, -0.05) is 0 Å². The molecule has 130 valence electrons. The van der Waals surface area contributed by atoms with Crippen LogP contribution in [0, 0.1) is 0 Å². The summed E-state index contributed by atoms with van der Waals surface area (Å²) in [6.45, 7) is 1.75. The number of rotatable bonds is 5. The molecule has 6 heteroatoms. The Morgan fingerprint density at radius 3 is 3.08 bits per heavy atom. The molecule has 4 rings (SSSR count). The van der Waals surface area contributed by atoms with Gasteiger partial charge < -0.3 is 24.4 Å². The second-order valence-corrected chi connectivity index (χ2v) is 6.30. The molecule has 3 heterocycles. The van der Waals surface area contributed by atoms with Gasteiger partial charge in [0.1, 0.15) is 5.76 Å². The summed E-state index contributed by atoms with van der Waals surface area (Å²) in [5, 5.41) is 4.05. The number of hydrogen-bond acceptors (Lipinski definition) is 3. The van der Waals surface area contributed by atoms with Crippen LogP contribution < -0.4 is 5.32 Å². The molecule has 2 aromatic heterocycles. The third-order valence-corrected chi connectivity index (χ3v) is 4.47. The number of amides is 2. The van der Waals surface area contributed by atoms with E-state index in [1.165, 1.54) is 0 Å². The average molecular weight is 339 g/mol. The van der Waals surface area contributed by atoms with Gasteiger partial charge in [0.15, 0.2) is 0 Å². The summed E-state index contributed by atoms with van der Waals surface area (Å²) in [5.41, 5.74) is 1.82. The van der Waals surface area contributed by atoms with Crippen LogP contribution in [0.3, 0.4) is 0 Å². The molecule has 1 saturated heterocycles. The quantitative estimate of drug-likeness (QED) is 0.739. The molecule has 1 aromatic carbocycles. The number of furan rings is 1. The van der Waals surface area contributed by atoms with E-state index in [1.54, 1.807) is 11.2 Å². The summed E-state index contributed by atoms with van der Waals surface area (Å²) in [6, 6.07) is 11.4. The predicted octanol–water partition coefficient (Wildman–Crippen LogP) is 3.97. The van der Waals surface area contributed by atoms with Crippen molar-refractivity contribution in [1.29, 1.82) is 0 Å². The molecule has 2 N–H and O–H groups in total. The molecule has 3 aromatic rings. The number of carbonyl (C=O) groups excluding carboxylic acids is 1. The minimum atomic E-state index is -0.151. The van der Waals surface area contributed by atoms with Crippen molar-refractivity contribution >= 4 is 22.6 Å². The fraction of sp³-hybridized carbons (Fsp3) is 0.316. The van der Waals surface area contributed by atoms with E-state index in [2.05, 4.69) is 10.3 Å². The lowest BCUT2D eigenvalue weighted by molar-refractivity contribution is 0.0803. The Morgan fingerprint density at radius 1 is 1.32 bits per heavy atom. The summed E-state index contributed by atoms with van der Waals surface area (Å²) in [5.74, 6) is 0.759. The summed E-state index contributed by atoms with van der Waals surface area (Å²) in [6.07, 6.45) is 5.63. The van der Waals surface area contributed by atoms with Gasteiger partial charge in [0, 0.05) is 35.9 Å². The van der Waals surface area contributed by atoms with Gasteiger partial charge in [-0.3, -0.25) is 0 Å². The van der Waals surface area contributed by atoms with Crippen molar-refractivity contribution in [3.8, 4) is 0 Å². The van der Waals surface area contributed by atoms with Crippen LogP contribution in [0.1, 0.15) is 18.6 Å². The van der Waals surface area contributed by atoms with Gasteiger partial charge in [-0.15, -0.1) is 0 Å². The number of aromatic nitrogens is 1. The van der Waals surface area contributed by atoms with E-state index in [4.69, 9.17) is 9.15 Å². The Balaban J connectivity index is 1.48. The van der Waals surface area contributed by atoms with Crippen LogP contribution in [0.25, 0.3) is 10.9 Å². The number of nitrogens with zero attached hydrogens (tertiary/aromatic N) is 1. The Hall–Kier alpha value is -2.73. The van der Waals surface area contributed by atoms with Crippen LogP contribution in [0.5, 0.6) is 0 Å². The lowest BCUT2D eigenvalue weighted by atomic mass is 10.2. The van der Waals surface area contributed by atoms with Crippen LogP contribution in [-0.4, -0.2) is 35.2 Å². The number of anilines is 1. The second kappa shape index (κ2) is 7.03. The lowest BCUT2D eigenvalue weighted by Crippen LogP contribution is -2.39. The number of carbonyl (C=O) groups is 1. The van der Waals surface area contributed by atoms with Gasteiger partial charge in [-0.25, -0.2) is 4.79 Å². The zero-order chi connectivity index (χ0) is 17.1. The fourth-order valence-corrected chi connectivity index (χ4v) is 3.18. The van der Waals surface area contributed by atoms with Crippen LogP contribution in [-0.2, 0) is 11.3 Å². The van der Waals surface area contributed by atoms with Crippen molar-refractivity contribution in [3.63, 3.8) is 0 Å². The molecule has 0 radical (unpaired) electrons. The number of H-pyrrole nitrogens is 1. The Bertz CT molecular complexity index is 835.